The van der Waals surface area contributed by atoms with E-state index in [0.717, 1.165) is 52.2 Å². The molecule has 3 unspecified atom stereocenters. The van der Waals surface area contributed by atoms with E-state index in [9.17, 15) is 5.11 Å². The van der Waals surface area contributed by atoms with Crippen molar-refractivity contribution in [2.75, 3.05) is 19.8 Å². The van der Waals surface area contributed by atoms with Gasteiger partial charge in [0.15, 0.2) is 33.3 Å². The molecule has 7 atom stereocenters. The third-order valence-electron chi connectivity index (χ3n) is 15.5. The molecule has 3 saturated heterocycles. The normalized spacial score (nSPS) is 26.4. The Balaban J connectivity index is 0.000000279. The first-order valence-corrected chi connectivity index (χ1v) is 43.0. The Labute approximate surface area is 480 Å². The van der Waals surface area contributed by atoms with Crippen molar-refractivity contribution < 1.29 is 37.0 Å². The van der Waals surface area contributed by atoms with Gasteiger partial charge in [-0.2, -0.15) is 0 Å². The van der Waals surface area contributed by atoms with Crippen molar-refractivity contribution >= 4 is 72.4 Å². The number of benzene rings is 4. The summed E-state index contributed by atoms with van der Waals surface area (Å²) >= 11 is 16.7. The lowest BCUT2D eigenvalue weighted by Gasteiger charge is -2.54. The molecule has 2 spiro atoms. The van der Waals surface area contributed by atoms with E-state index in [1.165, 1.54) is 74.5 Å². The van der Waals surface area contributed by atoms with Gasteiger partial charge in [0.05, 0.1) is 31.0 Å². The lowest BCUT2D eigenvalue weighted by Crippen LogP contribution is -2.69. The molecule has 1 N–H and O–H groups in total. The summed E-state index contributed by atoms with van der Waals surface area (Å²) in [5, 5.41) is 14.5. The summed E-state index contributed by atoms with van der Waals surface area (Å²) in [7, 11) is -8.51. The first kappa shape index (κ1) is 62.1. The second-order valence-corrected chi connectivity index (χ2v) is 46.0. The third-order valence-corrected chi connectivity index (χ3v) is 20.6. The van der Waals surface area contributed by atoms with E-state index < -0.39 is 63.5 Å². The van der Waals surface area contributed by atoms with Crippen LogP contribution >= 0.6 is 39.1 Å². The van der Waals surface area contributed by atoms with Crippen LogP contribution in [0.25, 0.3) is 0 Å². The molecule has 420 valence electrons. The first-order chi connectivity index (χ1) is 35.1. The Bertz CT molecular complexity index is 2530. The van der Waals surface area contributed by atoms with Crippen LogP contribution in [0.3, 0.4) is 0 Å². The van der Waals surface area contributed by atoms with Gasteiger partial charge in [-0.1, -0.05) is 127 Å². The van der Waals surface area contributed by atoms with Gasteiger partial charge in [0.1, 0.15) is 24.4 Å². The average molecular weight is 1220 g/mol. The van der Waals surface area contributed by atoms with Crippen LogP contribution in [-0.2, 0) is 50.5 Å². The van der Waals surface area contributed by atoms with Gasteiger partial charge in [-0.25, -0.2) is 0 Å². The second kappa shape index (κ2) is 24.9. The maximum atomic E-state index is 13.0. The quantitative estimate of drug-likeness (QED) is 0.111. The van der Waals surface area contributed by atoms with Crippen LogP contribution in [0.15, 0.2) is 89.4 Å². The molecular weight excluding hydrogens is 1120 g/mol. The van der Waals surface area contributed by atoms with Crippen LogP contribution in [0.4, 0.5) is 0 Å². The third kappa shape index (κ3) is 16.4. The van der Waals surface area contributed by atoms with E-state index in [1.54, 1.807) is 0 Å². The molecule has 3 aliphatic heterocycles. The monoisotopic (exact) mass is 1210 g/mol. The molecule has 0 aromatic heterocycles. The first-order valence-electron chi connectivity index (χ1n) is 27.8. The van der Waals surface area contributed by atoms with E-state index >= 15 is 0 Å². The van der Waals surface area contributed by atoms with Crippen LogP contribution in [0.5, 0.6) is 0 Å². The highest BCUT2D eigenvalue weighted by molar-refractivity contribution is 9.10. The van der Waals surface area contributed by atoms with E-state index in [-0.39, 0.29) is 18.6 Å². The Morgan fingerprint density at radius 1 is 0.566 bits per heavy atom. The summed E-state index contributed by atoms with van der Waals surface area (Å²) in [4.78, 5) is 0. The minimum atomic E-state index is -2.26. The minimum absolute atomic E-state index is 0. The molecule has 76 heavy (non-hydrogen) atoms. The van der Waals surface area contributed by atoms with Gasteiger partial charge in [0.25, 0.3) is 0 Å². The molecule has 2 saturated carbocycles. The Kier molecular flexibility index (Phi) is 20.4. The zero-order valence-electron chi connectivity index (χ0n) is 47.1. The molecule has 2 aliphatic carbocycles. The zero-order valence-corrected chi connectivity index (χ0v) is 54.2. The molecule has 3 heterocycles. The average Bonchev–Trinajstić information content (AvgIpc) is 4.17. The maximum Gasteiger partial charge on any atom is 0.221 e. The fraction of sp³-hybridized carbons (Fsp3) is 0.607. The predicted octanol–water partition coefficient (Wildman–Crippen LogP) is 16.9. The molecular formula is C61H91BrCl2O8Si4. The van der Waals surface area contributed by atoms with Gasteiger partial charge in [-0.3, -0.25) is 0 Å². The summed E-state index contributed by atoms with van der Waals surface area (Å²) in [6.45, 7) is 27.9. The Hall–Kier alpha value is -1.51. The highest BCUT2D eigenvalue weighted by Crippen LogP contribution is 2.49. The van der Waals surface area contributed by atoms with Gasteiger partial charge in [-0.05, 0) is 194 Å². The van der Waals surface area contributed by atoms with Crippen molar-refractivity contribution in [1.82, 2.24) is 0 Å². The standard InChI is InChI=1S/C39H65ClO7Si4.C21H22BrClO.CH4/c1-48(2,3)43-27-34-35(45-49(4,5)6)36(46-50(7,8)9)37(47-51(10,11)12)39(41,44-34)32-19-20-33(40)30(24-32)23-28-15-17-29(18-16-28)31-25-38(42-26-31)21-13-14-22-38;22-19-7-8-20(23)17(12-19)11-15-3-5-16(6-4-15)18-13-21(24-14-18)9-1-2-10-21;/h15-20,24,31,34-37,41H,13-14,21-23,25-27H2,1-12H3;3-8,12,18H,1-2,9-11,13-14H2;1H4/t31?,34-,35-,36+,37-,39?;;/m1../s1. The number of hydrogen-bond acceptors (Lipinski definition) is 8. The molecule has 0 radical (unpaired) electrons. The van der Waals surface area contributed by atoms with Crippen LogP contribution in [0, 0.1) is 0 Å². The van der Waals surface area contributed by atoms with Gasteiger partial charge in [-0.15, -0.1) is 0 Å². The summed E-state index contributed by atoms with van der Waals surface area (Å²) in [6.07, 6.45) is 11.5. The number of rotatable bonds is 16. The van der Waals surface area contributed by atoms with Crippen LogP contribution in [0.2, 0.25) is 88.6 Å². The SMILES string of the molecule is C.C[Si](C)(C)OC[C@H]1OC(O)(c2ccc(Cl)c(Cc3ccc(C4COC5(CCCC5)C4)cc3)c2)[C@H](O[Si](C)(C)C)[C@@H](O[Si](C)(C)C)[C@@H]1O[Si](C)(C)C.Clc1ccc(Br)cc1Cc1ccc(C2COC3(CCCC3)C2)cc1. The van der Waals surface area contributed by atoms with Crippen LogP contribution < -0.4 is 0 Å². The van der Waals surface area contributed by atoms with Gasteiger partial charge < -0.3 is 37.0 Å². The fourth-order valence-electron chi connectivity index (χ4n) is 12.0. The highest BCUT2D eigenvalue weighted by Gasteiger charge is 2.59. The second-order valence-electron chi connectivity index (χ2n) is 26.4. The summed E-state index contributed by atoms with van der Waals surface area (Å²) in [5.74, 6) is -0.825. The molecule has 0 bridgehead atoms. The summed E-state index contributed by atoms with van der Waals surface area (Å²) in [5.41, 5.74) is 8.20. The lowest BCUT2D eigenvalue weighted by atomic mass is 9.86. The van der Waals surface area contributed by atoms with E-state index in [2.05, 4.69) is 149 Å². The van der Waals surface area contributed by atoms with Crippen molar-refractivity contribution in [2.45, 2.75) is 216 Å². The summed E-state index contributed by atoms with van der Waals surface area (Å²) in [6, 6.07) is 29.7. The molecule has 15 heteroatoms. The number of halogens is 3. The van der Waals surface area contributed by atoms with Gasteiger partial charge in [0, 0.05) is 31.9 Å². The molecule has 4 aromatic rings. The van der Waals surface area contributed by atoms with Crippen LogP contribution in [0.1, 0.15) is 122 Å². The predicted molar refractivity (Wildman–Crippen MR) is 328 cm³/mol. The molecule has 4 aromatic carbocycles. The van der Waals surface area contributed by atoms with Crippen molar-refractivity contribution in [3.63, 3.8) is 0 Å². The van der Waals surface area contributed by atoms with Crippen molar-refractivity contribution in [3.8, 4) is 0 Å². The van der Waals surface area contributed by atoms with Crippen molar-refractivity contribution in [2.24, 2.45) is 0 Å². The number of ether oxygens (including phenoxy) is 3. The van der Waals surface area contributed by atoms with E-state index in [4.69, 9.17) is 55.1 Å². The fourth-order valence-corrected chi connectivity index (χ4v) is 16.7. The topological polar surface area (TPSA) is 84.8 Å². The Morgan fingerprint density at radius 2 is 1.00 bits per heavy atom. The number of aliphatic hydroxyl groups is 1. The maximum absolute atomic E-state index is 13.0. The largest absolute Gasteiger partial charge is 0.415 e. The lowest BCUT2D eigenvalue weighted by molar-refractivity contribution is -0.348. The zero-order chi connectivity index (χ0) is 54.2. The highest BCUT2D eigenvalue weighted by atomic mass is 79.9. The molecule has 0 amide bonds. The van der Waals surface area contributed by atoms with Gasteiger partial charge >= 0.3 is 0 Å². The Morgan fingerprint density at radius 3 is 1.45 bits per heavy atom. The molecule has 9 rings (SSSR count). The molecule has 5 fully saturated rings. The molecule has 5 aliphatic rings. The van der Waals surface area contributed by atoms with Crippen molar-refractivity contribution in [3.05, 3.63) is 138 Å². The smallest absolute Gasteiger partial charge is 0.221 e. The van der Waals surface area contributed by atoms with E-state index in [1.807, 2.05) is 30.3 Å². The summed E-state index contributed by atoms with van der Waals surface area (Å²) < 4.78 is 47.9. The van der Waals surface area contributed by atoms with E-state index in [0.29, 0.717) is 35.4 Å². The number of hydrogen-bond donors (Lipinski definition) is 1. The van der Waals surface area contributed by atoms with Crippen LogP contribution in [-0.4, -0.2) is 93.8 Å². The van der Waals surface area contributed by atoms with Gasteiger partial charge in [0.2, 0.25) is 5.79 Å². The minimum Gasteiger partial charge on any atom is -0.415 e. The van der Waals surface area contributed by atoms with Crippen molar-refractivity contribution in [1.29, 1.82) is 0 Å². The molecule has 8 nitrogen and oxygen atoms in total.